The molecule has 5 aliphatic rings. The summed E-state index contributed by atoms with van der Waals surface area (Å²) in [6.07, 6.45) is 14.0. The monoisotopic (exact) mass is 438 g/mol. The van der Waals surface area contributed by atoms with Crippen LogP contribution in [0.15, 0.2) is 11.6 Å². The third kappa shape index (κ3) is 2.35. The molecule has 1 heteroatoms. The average molecular weight is 439 g/mol. The van der Waals surface area contributed by atoms with Crippen molar-refractivity contribution in [1.29, 1.82) is 0 Å². The molecule has 5 rings (SSSR count). The van der Waals surface area contributed by atoms with E-state index in [1.165, 1.54) is 38.5 Å². The Kier molecular flexibility index (Phi) is 4.74. The van der Waals surface area contributed by atoms with Crippen molar-refractivity contribution in [2.75, 3.05) is 0 Å². The van der Waals surface area contributed by atoms with Gasteiger partial charge in [0.15, 0.2) is 0 Å². The molecule has 0 radical (unpaired) electrons. The highest BCUT2D eigenvalue weighted by Gasteiger charge is 2.72. The summed E-state index contributed by atoms with van der Waals surface area (Å²) in [6.45, 7) is 23.0. The summed E-state index contributed by atoms with van der Waals surface area (Å²) in [5, 5.41) is 0. The molecular weight excluding hydrogens is 388 g/mol. The first kappa shape index (κ1) is 23.2. The minimum Gasteiger partial charge on any atom is -0.299 e. The lowest BCUT2D eigenvalue weighted by Crippen LogP contribution is -2.68. The summed E-state index contributed by atoms with van der Waals surface area (Å²) in [4.78, 5) is 12.9. The Hall–Kier alpha value is -0.590. The molecule has 0 aromatic heterocycles. The third-order valence-corrected chi connectivity index (χ3v) is 14.3. The van der Waals surface area contributed by atoms with Crippen LogP contribution in [0.2, 0.25) is 0 Å². The van der Waals surface area contributed by atoms with E-state index in [1.54, 1.807) is 0 Å². The van der Waals surface area contributed by atoms with Crippen molar-refractivity contribution in [3.05, 3.63) is 11.6 Å². The lowest BCUT2D eigenvalue weighted by Gasteiger charge is -2.76. The fourth-order valence-electron chi connectivity index (χ4n) is 11.3. The van der Waals surface area contributed by atoms with Gasteiger partial charge < -0.3 is 0 Å². The molecule has 4 fully saturated rings. The van der Waals surface area contributed by atoms with Crippen LogP contribution in [0.25, 0.3) is 0 Å². The molecule has 0 saturated heterocycles. The molecule has 0 aliphatic heterocycles. The highest BCUT2D eigenvalue weighted by molar-refractivity contribution is 5.85. The van der Waals surface area contributed by atoms with E-state index in [0.29, 0.717) is 44.7 Å². The van der Waals surface area contributed by atoms with Crippen LogP contribution in [0, 0.1) is 56.2 Å². The van der Waals surface area contributed by atoms with Gasteiger partial charge >= 0.3 is 0 Å². The lowest BCUT2D eigenvalue weighted by atomic mass is 9.28. The van der Waals surface area contributed by atoms with Gasteiger partial charge in [-0.1, -0.05) is 74.0 Å². The van der Waals surface area contributed by atoms with Gasteiger partial charge in [-0.25, -0.2) is 0 Å². The van der Waals surface area contributed by atoms with Crippen LogP contribution in [-0.2, 0) is 4.79 Å². The van der Waals surface area contributed by atoms with E-state index in [9.17, 15) is 4.79 Å². The van der Waals surface area contributed by atoms with Crippen molar-refractivity contribution in [2.24, 2.45) is 56.2 Å². The van der Waals surface area contributed by atoms with Gasteiger partial charge in [0, 0.05) is 11.8 Å². The van der Waals surface area contributed by atoms with Crippen molar-refractivity contribution in [2.45, 2.75) is 120 Å². The van der Waals surface area contributed by atoms with Crippen molar-refractivity contribution in [3.8, 4) is 0 Å². The van der Waals surface area contributed by atoms with Crippen molar-refractivity contribution < 1.29 is 4.79 Å². The molecule has 9 unspecified atom stereocenters. The van der Waals surface area contributed by atoms with E-state index in [4.69, 9.17) is 0 Å². The van der Waals surface area contributed by atoms with Gasteiger partial charge in [0.05, 0.1) is 0 Å². The zero-order chi connectivity index (χ0) is 23.5. The van der Waals surface area contributed by atoms with Gasteiger partial charge in [0.2, 0.25) is 0 Å². The first-order valence-electron chi connectivity index (χ1n) is 13.9. The Labute approximate surface area is 198 Å². The predicted molar refractivity (Wildman–Crippen MR) is 134 cm³/mol. The largest absolute Gasteiger partial charge is 0.299 e. The van der Waals surface area contributed by atoms with Crippen LogP contribution in [0.3, 0.4) is 0 Å². The average Bonchev–Trinajstić information content (AvgIpc) is 2.73. The molecule has 0 amide bonds. The highest BCUT2D eigenvalue weighted by atomic mass is 16.1. The Morgan fingerprint density at radius 1 is 0.844 bits per heavy atom. The number of rotatable bonds is 0. The van der Waals surface area contributed by atoms with Gasteiger partial charge in [0.1, 0.15) is 5.78 Å². The summed E-state index contributed by atoms with van der Waals surface area (Å²) in [7, 11) is 0. The number of carbonyl (C=O) groups is 1. The summed E-state index contributed by atoms with van der Waals surface area (Å²) < 4.78 is 0. The van der Waals surface area contributed by atoms with E-state index < -0.39 is 0 Å². The van der Waals surface area contributed by atoms with Crippen molar-refractivity contribution >= 4 is 5.78 Å². The summed E-state index contributed by atoms with van der Waals surface area (Å²) in [5.41, 5.74) is 3.46. The van der Waals surface area contributed by atoms with Crippen molar-refractivity contribution in [3.63, 3.8) is 0 Å². The van der Waals surface area contributed by atoms with Gasteiger partial charge in [0.25, 0.3) is 0 Å². The second kappa shape index (κ2) is 6.54. The fraction of sp³-hybridized carbons (Fsp3) is 0.903. The molecule has 9 atom stereocenters. The molecule has 0 bridgehead atoms. The minimum atomic E-state index is -0.166. The standard InChI is InChI=1S/C31H50O/c1-20-12-15-27(5)18-19-29(7)23-10-11-24-26(3,4)25(32)14-16-28(24,6)22(23)13-17-30(29,8)31(27,9)21(20)2/h10,20-22,24H,11-19H2,1-9H3. The number of hydrogen-bond acceptors (Lipinski definition) is 1. The Morgan fingerprint density at radius 2 is 1.53 bits per heavy atom. The molecule has 180 valence electrons. The zero-order valence-electron chi connectivity index (χ0n) is 22.7. The Balaban J connectivity index is 1.63. The number of allylic oxidation sites excluding steroid dienone is 2. The third-order valence-electron chi connectivity index (χ3n) is 14.3. The maximum atomic E-state index is 12.9. The van der Waals surface area contributed by atoms with Crippen LogP contribution < -0.4 is 0 Å². The van der Waals surface area contributed by atoms with E-state index in [0.717, 1.165) is 31.1 Å². The Morgan fingerprint density at radius 3 is 2.22 bits per heavy atom. The molecular formula is C31H50O. The highest BCUT2D eigenvalue weighted by Crippen LogP contribution is 2.79. The van der Waals surface area contributed by atoms with Crippen LogP contribution in [0.5, 0.6) is 0 Å². The molecule has 1 nitrogen and oxygen atoms in total. The smallest absolute Gasteiger partial charge is 0.138 e. The first-order chi connectivity index (χ1) is 14.7. The quantitative estimate of drug-likeness (QED) is 0.346. The van der Waals surface area contributed by atoms with Crippen LogP contribution >= 0.6 is 0 Å². The second-order valence-electron chi connectivity index (χ2n) is 14.9. The Bertz CT molecular complexity index is 866. The molecule has 0 heterocycles. The molecule has 0 N–H and O–H groups in total. The van der Waals surface area contributed by atoms with Crippen LogP contribution in [0.4, 0.5) is 0 Å². The maximum Gasteiger partial charge on any atom is 0.138 e. The molecule has 32 heavy (non-hydrogen) atoms. The van der Waals surface area contributed by atoms with Gasteiger partial charge in [-0.05, 0) is 102 Å². The molecule has 0 aromatic carbocycles. The zero-order valence-corrected chi connectivity index (χ0v) is 22.7. The summed E-state index contributed by atoms with van der Waals surface area (Å²) >= 11 is 0. The molecule has 5 aliphatic carbocycles. The van der Waals surface area contributed by atoms with Gasteiger partial charge in [-0.2, -0.15) is 0 Å². The number of hydrogen-bond donors (Lipinski definition) is 0. The number of Topliss-reactive ketones (excluding diaryl/α,β-unsaturated/α-hetero) is 1. The van der Waals surface area contributed by atoms with Crippen molar-refractivity contribution in [1.82, 2.24) is 0 Å². The van der Waals surface area contributed by atoms with E-state index >= 15 is 0 Å². The molecule has 4 saturated carbocycles. The van der Waals surface area contributed by atoms with Crippen LogP contribution in [0.1, 0.15) is 120 Å². The van der Waals surface area contributed by atoms with E-state index in [1.807, 2.05) is 5.57 Å². The molecule has 0 spiro atoms. The normalized spacial score (nSPS) is 56.9. The maximum absolute atomic E-state index is 12.9. The van der Waals surface area contributed by atoms with E-state index in [2.05, 4.69) is 68.4 Å². The summed E-state index contributed by atoms with van der Waals surface area (Å²) in [6, 6.07) is 0. The van der Waals surface area contributed by atoms with Gasteiger partial charge in [-0.3, -0.25) is 4.79 Å². The minimum absolute atomic E-state index is 0.166. The summed E-state index contributed by atoms with van der Waals surface area (Å²) in [5.74, 6) is 3.31. The first-order valence-corrected chi connectivity index (χ1v) is 13.9. The topological polar surface area (TPSA) is 17.1 Å². The SMILES string of the molecule is CC1CCC2(C)CCC3(C)C4=CCC5C(C)(C)C(=O)CCC5(C)C4CCC3(C)C2(C)C1C. The number of ketones is 1. The second-order valence-corrected chi connectivity index (χ2v) is 14.9. The predicted octanol–water partition coefficient (Wildman–Crippen LogP) is 8.62. The van der Waals surface area contributed by atoms with E-state index in [-0.39, 0.29) is 5.41 Å². The lowest BCUT2D eigenvalue weighted by molar-refractivity contribution is -0.241. The van der Waals surface area contributed by atoms with Crippen LogP contribution in [-0.4, -0.2) is 5.78 Å². The number of carbonyl (C=O) groups excluding carboxylic acids is 1. The molecule has 0 aromatic rings. The number of fused-ring (bicyclic) bond motifs is 7. The fourth-order valence-corrected chi connectivity index (χ4v) is 11.3. The van der Waals surface area contributed by atoms with Gasteiger partial charge in [-0.15, -0.1) is 0 Å².